The van der Waals surface area contributed by atoms with Gasteiger partial charge in [-0.05, 0) is 77.0 Å². The fourth-order valence-electron chi connectivity index (χ4n) is 3.90. The molecule has 2 aromatic carbocycles. The zero-order chi connectivity index (χ0) is 21.9. The van der Waals surface area contributed by atoms with Crippen molar-refractivity contribution in [1.29, 1.82) is 0 Å². The average Bonchev–Trinajstić information content (AvgIpc) is 2.69. The minimum Gasteiger partial charge on any atom is -0.334 e. The fourth-order valence-corrected chi connectivity index (χ4v) is 5.23. The van der Waals surface area contributed by atoms with Crippen molar-refractivity contribution in [3.8, 4) is 0 Å². The van der Waals surface area contributed by atoms with Gasteiger partial charge in [0, 0.05) is 30.4 Å². The second-order valence-electron chi connectivity index (χ2n) is 8.36. The van der Waals surface area contributed by atoms with E-state index in [1.165, 1.54) is 6.07 Å². The summed E-state index contributed by atoms with van der Waals surface area (Å²) in [5, 5.41) is 0. The highest BCUT2D eigenvalue weighted by Gasteiger charge is 2.29. The number of anilines is 1. The highest BCUT2D eigenvalue weighted by molar-refractivity contribution is 7.92. The van der Waals surface area contributed by atoms with Gasteiger partial charge in [0.15, 0.2) is 0 Å². The van der Waals surface area contributed by atoms with Crippen LogP contribution < -0.4 is 4.72 Å². The van der Waals surface area contributed by atoms with Crippen LogP contribution in [-0.2, 0) is 10.0 Å². The van der Waals surface area contributed by atoms with Crippen LogP contribution in [0.5, 0.6) is 0 Å². The molecule has 1 aliphatic rings. The zero-order valence-electron chi connectivity index (χ0n) is 18.2. The number of likely N-dealkylation sites (tertiary alicyclic amines) is 1. The van der Waals surface area contributed by atoms with Crippen LogP contribution in [0.4, 0.5) is 5.69 Å². The number of hydrogen-bond acceptors (Lipinski definition) is 4. The normalized spacial score (nSPS) is 17.2. The molecule has 1 unspecified atom stereocenters. The molecule has 162 valence electrons. The summed E-state index contributed by atoms with van der Waals surface area (Å²) in [6.45, 7) is 5.20. The van der Waals surface area contributed by atoms with Crippen molar-refractivity contribution in [2.24, 2.45) is 0 Å². The molecular weight excluding hydrogens is 398 g/mol. The van der Waals surface area contributed by atoms with E-state index in [2.05, 4.69) is 9.62 Å². The van der Waals surface area contributed by atoms with E-state index in [9.17, 15) is 13.2 Å². The van der Waals surface area contributed by atoms with E-state index in [4.69, 9.17) is 0 Å². The molecule has 0 saturated carbocycles. The quantitative estimate of drug-likeness (QED) is 0.761. The Labute approximate surface area is 179 Å². The van der Waals surface area contributed by atoms with E-state index in [-0.39, 0.29) is 16.8 Å². The van der Waals surface area contributed by atoms with Crippen molar-refractivity contribution in [3.63, 3.8) is 0 Å². The molecule has 30 heavy (non-hydrogen) atoms. The number of carbonyl (C=O) groups is 1. The van der Waals surface area contributed by atoms with Crippen LogP contribution in [0.25, 0.3) is 0 Å². The van der Waals surface area contributed by atoms with Gasteiger partial charge in [0.05, 0.1) is 4.90 Å². The third-order valence-corrected chi connectivity index (χ3v) is 7.02. The lowest BCUT2D eigenvalue weighted by Gasteiger charge is -2.37. The summed E-state index contributed by atoms with van der Waals surface area (Å²) in [6, 6.07) is 12.3. The lowest BCUT2D eigenvalue weighted by molar-refractivity contribution is 0.0574. The first-order chi connectivity index (χ1) is 14.2. The van der Waals surface area contributed by atoms with E-state index >= 15 is 0 Å². The van der Waals surface area contributed by atoms with Crippen LogP contribution in [0, 0.1) is 13.8 Å². The molecule has 1 atom stereocenters. The van der Waals surface area contributed by atoms with Crippen LogP contribution in [0.2, 0.25) is 0 Å². The third-order valence-electron chi connectivity index (χ3n) is 5.49. The molecule has 2 aromatic rings. The van der Waals surface area contributed by atoms with Crippen LogP contribution in [0.1, 0.15) is 40.7 Å². The van der Waals surface area contributed by atoms with Crippen LogP contribution >= 0.6 is 0 Å². The second kappa shape index (κ2) is 9.18. The zero-order valence-corrected chi connectivity index (χ0v) is 19.0. The van der Waals surface area contributed by atoms with E-state index in [1.807, 2.05) is 38.1 Å². The van der Waals surface area contributed by atoms with Gasteiger partial charge in [0.2, 0.25) is 0 Å². The first kappa shape index (κ1) is 22.3. The molecule has 1 aliphatic heterocycles. The summed E-state index contributed by atoms with van der Waals surface area (Å²) in [5.41, 5.74) is 2.57. The van der Waals surface area contributed by atoms with E-state index in [1.54, 1.807) is 31.2 Å². The summed E-state index contributed by atoms with van der Waals surface area (Å²) in [6.07, 6.45) is 3.05. The number of nitrogens with one attached hydrogen (secondary N) is 1. The Balaban J connectivity index is 1.88. The number of aryl methyl sites for hydroxylation is 2. The van der Waals surface area contributed by atoms with Crippen molar-refractivity contribution in [1.82, 2.24) is 9.80 Å². The van der Waals surface area contributed by atoms with Gasteiger partial charge in [-0.25, -0.2) is 8.42 Å². The number of rotatable bonds is 6. The molecule has 0 spiro atoms. The van der Waals surface area contributed by atoms with Gasteiger partial charge in [-0.2, -0.15) is 0 Å². The minimum atomic E-state index is -3.81. The fraction of sp³-hybridized carbons (Fsp3) is 0.435. The smallest absolute Gasteiger partial charge is 0.262 e. The maximum atomic E-state index is 13.3. The number of carbonyl (C=O) groups excluding carboxylic acids is 1. The minimum absolute atomic E-state index is 0.103. The van der Waals surface area contributed by atoms with Gasteiger partial charge in [0.25, 0.3) is 15.9 Å². The van der Waals surface area contributed by atoms with Gasteiger partial charge in [0.1, 0.15) is 0 Å². The predicted octanol–water partition coefficient (Wildman–Crippen LogP) is 3.66. The molecule has 6 nitrogen and oxygen atoms in total. The first-order valence-electron chi connectivity index (χ1n) is 10.3. The Morgan fingerprint density at radius 1 is 1.10 bits per heavy atom. The number of hydrogen-bond donors (Lipinski definition) is 1. The summed E-state index contributed by atoms with van der Waals surface area (Å²) in [7, 11) is 0.204. The number of piperidine rings is 1. The van der Waals surface area contributed by atoms with Gasteiger partial charge < -0.3 is 9.80 Å². The molecule has 0 aromatic heterocycles. The number of nitrogens with zero attached hydrogens (tertiary/aromatic N) is 2. The van der Waals surface area contributed by atoms with Gasteiger partial charge in [-0.15, -0.1) is 0 Å². The molecule has 0 bridgehead atoms. The summed E-state index contributed by atoms with van der Waals surface area (Å²) < 4.78 is 28.7. The maximum Gasteiger partial charge on any atom is 0.262 e. The second-order valence-corrected chi connectivity index (χ2v) is 10.0. The van der Waals surface area contributed by atoms with Crippen LogP contribution in [0.15, 0.2) is 47.4 Å². The number of likely N-dealkylation sites (N-methyl/N-ethyl adjacent to an activating group) is 1. The molecule has 0 radical (unpaired) electrons. The SMILES string of the molecule is Cc1ccc(NS(=O)(=O)c2cc(C(=O)N3CCCCC3CN(C)C)ccc2C)cc1. The molecule has 1 amide bonds. The summed E-state index contributed by atoms with van der Waals surface area (Å²) >= 11 is 0. The van der Waals surface area contributed by atoms with Crippen molar-refractivity contribution in [3.05, 3.63) is 59.2 Å². The Bertz CT molecular complexity index is 1000. The Hall–Kier alpha value is -2.38. The summed E-state index contributed by atoms with van der Waals surface area (Å²) in [5.74, 6) is -0.103. The molecule has 1 saturated heterocycles. The Kier molecular flexibility index (Phi) is 6.83. The average molecular weight is 430 g/mol. The van der Waals surface area contributed by atoms with Gasteiger partial charge in [-0.1, -0.05) is 23.8 Å². The van der Waals surface area contributed by atoms with Crippen LogP contribution in [0.3, 0.4) is 0 Å². The van der Waals surface area contributed by atoms with Gasteiger partial charge in [-0.3, -0.25) is 9.52 Å². The number of sulfonamides is 1. The number of benzene rings is 2. The standard InChI is InChI=1S/C23H31N3O3S/c1-17-8-12-20(13-9-17)24-30(28,29)22-15-19(11-10-18(22)2)23(27)26-14-6-5-7-21(26)16-25(3)4/h8-13,15,21,24H,5-7,14,16H2,1-4H3. The van der Waals surface area contributed by atoms with Gasteiger partial charge >= 0.3 is 0 Å². The lowest BCUT2D eigenvalue weighted by Crippen LogP contribution is -2.48. The number of amides is 1. The van der Waals surface area contributed by atoms with Crippen molar-refractivity contribution in [2.45, 2.75) is 44.0 Å². The maximum absolute atomic E-state index is 13.3. The van der Waals surface area contributed by atoms with Crippen LogP contribution in [-0.4, -0.2) is 57.4 Å². The molecule has 1 heterocycles. The molecule has 0 aliphatic carbocycles. The first-order valence-corrected chi connectivity index (χ1v) is 11.8. The molecule has 1 N–H and O–H groups in total. The topological polar surface area (TPSA) is 69.7 Å². The monoisotopic (exact) mass is 429 g/mol. The van der Waals surface area contributed by atoms with Crippen molar-refractivity contribution >= 4 is 21.6 Å². The van der Waals surface area contributed by atoms with Crippen molar-refractivity contribution < 1.29 is 13.2 Å². The molecule has 1 fully saturated rings. The van der Waals surface area contributed by atoms with E-state index < -0.39 is 10.0 Å². The highest BCUT2D eigenvalue weighted by atomic mass is 32.2. The Morgan fingerprint density at radius 2 is 1.80 bits per heavy atom. The highest BCUT2D eigenvalue weighted by Crippen LogP contribution is 2.24. The molecule has 7 heteroatoms. The third kappa shape index (κ3) is 5.21. The Morgan fingerprint density at radius 3 is 2.47 bits per heavy atom. The van der Waals surface area contributed by atoms with E-state index in [0.717, 1.165) is 31.4 Å². The van der Waals surface area contributed by atoms with E-state index in [0.29, 0.717) is 23.4 Å². The molecule has 3 rings (SSSR count). The largest absolute Gasteiger partial charge is 0.334 e. The lowest BCUT2D eigenvalue weighted by atomic mass is 10.00. The predicted molar refractivity (Wildman–Crippen MR) is 120 cm³/mol. The van der Waals surface area contributed by atoms with Crippen molar-refractivity contribution in [2.75, 3.05) is 31.9 Å². The molecular formula is C23H31N3O3S. The summed E-state index contributed by atoms with van der Waals surface area (Å²) in [4.78, 5) is 17.4.